The number of benzene rings is 2. The van der Waals surface area contributed by atoms with Crippen molar-refractivity contribution in [2.45, 2.75) is 64.7 Å². The van der Waals surface area contributed by atoms with E-state index in [-0.39, 0.29) is 11.2 Å². The molecule has 0 aliphatic heterocycles. The molecule has 0 heterocycles. The van der Waals surface area contributed by atoms with Gasteiger partial charge in [-0.3, -0.25) is 4.79 Å². The van der Waals surface area contributed by atoms with E-state index in [0.717, 1.165) is 35.9 Å². The molecule has 0 radical (unpaired) electrons. The van der Waals surface area contributed by atoms with Gasteiger partial charge in [-0.25, -0.2) is 0 Å². The van der Waals surface area contributed by atoms with Crippen LogP contribution in [-0.2, 0) is 11.8 Å². The Bertz CT molecular complexity index is 763. The lowest BCUT2D eigenvalue weighted by Gasteiger charge is -2.39. The zero-order valence-corrected chi connectivity index (χ0v) is 18.3. The van der Waals surface area contributed by atoms with Crippen LogP contribution in [0.5, 0.6) is 0 Å². The third kappa shape index (κ3) is 5.93. The van der Waals surface area contributed by atoms with Gasteiger partial charge in [-0.1, -0.05) is 68.3 Å². The molecule has 1 saturated carbocycles. The van der Waals surface area contributed by atoms with E-state index in [1.807, 2.05) is 36.4 Å². The van der Waals surface area contributed by atoms with Crippen LogP contribution in [0.4, 0.5) is 0 Å². The number of Topliss-reactive ketones (excluding diaryl/α,β-unsaturated/α-hetero) is 1. The third-order valence-electron chi connectivity index (χ3n) is 5.98. The highest BCUT2D eigenvalue weighted by atomic mass is 35.5. The van der Waals surface area contributed by atoms with Gasteiger partial charge in [0.1, 0.15) is 0 Å². The fourth-order valence-electron chi connectivity index (χ4n) is 4.09. The zero-order valence-electron chi connectivity index (χ0n) is 17.5. The third-order valence-corrected chi connectivity index (χ3v) is 6.21. The van der Waals surface area contributed by atoms with Crippen molar-refractivity contribution in [2.24, 2.45) is 11.7 Å². The van der Waals surface area contributed by atoms with E-state index in [1.165, 1.54) is 36.8 Å². The first kappa shape index (κ1) is 22.6. The standard InChI is InChI=1S/C14H20ClN.C11H14O/c1-11-5-7-14(10-16,8-6-11)12-3-2-4-13(15)9-12;1-3-6-10-7-4-5-8-11(10)9(2)12/h2-4,9,11H,5-8,10,16H2,1H3;4-5,7-8H,3,6H2,1-2H3. The fourth-order valence-corrected chi connectivity index (χ4v) is 4.29. The predicted molar refractivity (Wildman–Crippen MR) is 120 cm³/mol. The molecule has 2 aromatic carbocycles. The minimum absolute atomic E-state index is 0.166. The lowest BCUT2D eigenvalue weighted by atomic mass is 9.67. The molecule has 0 spiro atoms. The Kier molecular flexibility index (Phi) is 8.72. The number of ketones is 1. The average Bonchev–Trinajstić information content (AvgIpc) is 2.70. The zero-order chi connectivity index (χ0) is 20.6. The number of carbonyl (C=O) groups excluding carboxylic acids is 1. The molecule has 2 nitrogen and oxygen atoms in total. The van der Waals surface area contributed by atoms with Gasteiger partial charge in [-0.2, -0.15) is 0 Å². The van der Waals surface area contributed by atoms with E-state index in [1.54, 1.807) is 6.92 Å². The van der Waals surface area contributed by atoms with Crippen molar-refractivity contribution in [2.75, 3.05) is 6.54 Å². The van der Waals surface area contributed by atoms with Crippen LogP contribution in [0.1, 0.15) is 74.4 Å². The number of halogens is 1. The Morgan fingerprint density at radius 1 is 1.14 bits per heavy atom. The van der Waals surface area contributed by atoms with E-state index < -0.39 is 0 Å². The van der Waals surface area contributed by atoms with E-state index >= 15 is 0 Å². The molecule has 1 aliphatic carbocycles. The van der Waals surface area contributed by atoms with Crippen LogP contribution in [-0.4, -0.2) is 12.3 Å². The van der Waals surface area contributed by atoms with Gasteiger partial charge >= 0.3 is 0 Å². The normalized spacial score (nSPS) is 21.5. The summed E-state index contributed by atoms with van der Waals surface area (Å²) in [6.07, 6.45) is 7.05. The van der Waals surface area contributed by atoms with E-state index in [2.05, 4.69) is 26.0 Å². The molecule has 0 aromatic heterocycles. The summed E-state index contributed by atoms with van der Waals surface area (Å²) < 4.78 is 0. The number of aryl methyl sites for hydroxylation is 1. The van der Waals surface area contributed by atoms with Crippen LogP contribution in [0.15, 0.2) is 48.5 Å². The highest BCUT2D eigenvalue weighted by molar-refractivity contribution is 6.30. The van der Waals surface area contributed by atoms with Crippen LogP contribution < -0.4 is 5.73 Å². The monoisotopic (exact) mass is 399 g/mol. The van der Waals surface area contributed by atoms with Crippen LogP contribution in [0.25, 0.3) is 0 Å². The second-order valence-corrected chi connectivity index (χ2v) is 8.58. The molecule has 1 fully saturated rings. The molecule has 2 N–H and O–H groups in total. The molecule has 2 aromatic rings. The maximum Gasteiger partial charge on any atom is 0.160 e. The van der Waals surface area contributed by atoms with Gasteiger partial charge < -0.3 is 5.73 Å². The van der Waals surface area contributed by atoms with Crippen LogP contribution in [0, 0.1) is 5.92 Å². The summed E-state index contributed by atoms with van der Waals surface area (Å²) in [6.45, 7) is 6.81. The van der Waals surface area contributed by atoms with Crippen molar-refractivity contribution < 1.29 is 4.79 Å². The summed E-state index contributed by atoms with van der Waals surface area (Å²) in [5.74, 6) is 1.01. The van der Waals surface area contributed by atoms with Gasteiger partial charge in [0.25, 0.3) is 0 Å². The summed E-state index contributed by atoms with van der Waals surface area (Å²) in [5, 5.41) is 0.823. The molecule has 1 aliphatic rings. The van der Waals surface area contributed by atoms with Crippen LogP contribution >= 0.6 is 11.6 Å². The predicted octanol–water partition coefficient (Wildman–Crippen LogP) is 6.59. The minimum atomic E-state index is 0.166. The largest absolute Gasteiger partial charge is 0.330 e. The van der Waals surface area contributed by atoms with Gasteiger partial charge in [0.05, 0.1) is 0 Å². The van der Waals surface area contributed by atoms with Crippen molar-refractivity contribution in [3.05, 3.63) is 70.2 Å². The topological polar surface area (TPSA) is 43.1 Å². The molecular weight excluding hydrogens is 366 g/mol. The van der Waals surface area contributed by atoms with Gasteiger partial charge in [-0.05, 0) is 68.2 Å². The summed E-state index contributed by atoms with van der Waals surface area (Å²) in [7, 11) is 0. The van der Waals surface area contributed by atoms with E-state index in [9.17, 15) is 4.79 Å². The smallest absolute Gasteiger partial charge is 0.160 e. The first-order valence-electron chi connectivity index (χ1n) is 10.5. The molecule has 0 amide bonds. The maximum absolute atomic E-state index is 11.1. The number of hydrogen-bond donors (Lipinski definition) is 1. The number of nitrogens with two attached hydrogens (primary N) is 1. The van der Waals surface area contributed by atoms with Crippen LogP contribution in [0.2, 0.25) is 5.02 Å². The maximum atomic E-state index is 11.1. The Balaban J connectivity index is 0.000000209. The SMILES string of the molecule is CC1CCC(CN)(c2cccc(Cl)c2)CC1.CCCc1ccccc1C(C)=O. The lowest BCUT2D eigenvalue weighted by molar-refractivity contribution is 0.101. The first-order chi connectivity index (χ1) is 13.4. The summed E-state index contributed by atoms with van der Waals surface area (Å²) in [6, 6.07) is 16.0. The van der Waals surface area contributed by atoms with Gasteiger partial charge in [0.15, 0.2) is 5.78 Å². The van der Waals surface area contributed by atoms with E-state index in [4.69, 9.17) is 17.3 Å². The molecule has 0 unspecified atom stereocenters. The number of carbonyl (C=O) groups is 1. The summed E-state index contributed by atoms with van der Waals surface area (Å²) in [4.78, 5) is 11.1. The van der Waals surface area contributed by atoms with Gasteiger partial charge in [0, 0.05) is 22.5 Å². The second-order valence-electron chi connectivity index (χ2n) is 8.14. The van der Waals surface area contributed by atoms with Crippen molar-refractivity contribution in [3.63, 3.8) is 0 Å². The second kappa shape index (κ2) is 10.8. The Morgan fingerprint density at radius 3 is 2.39 bits per heavy atom. The first-order valence-corrected chi connectivity index (χ1v) is 10.8. The van der Waals surface area contributed by atoms with Crippen molar-refractivity contribution in [3.8, 4) is 0 Å². The molecule has 28 heavy (non-hydrogen) atoms. The molecular formula is C25H34ClNO. The Labute approximate surface area is 175 Å². The number of hydrogen-bond acceptors (Lipinski definition) is 2. The summed E-state index contributed by atoms with van der Waals surface area (Å²) in [5.41, 5.74) is 9.58. The van der Waals surface area contributed by atoms with Crippen molar-refractivity contribution >= 4 is 17.4 Å². The highest BCUT2D eigenvalue weighted by Crippen LogP contribution is 2.41. The van der Waals surface area contributed by atoms with Gasteiger partial charge in [0.2, 0.25) is 0 Å². The Morgan fingerprint density at radius 2 is 1.82 bits per heavy atom. The average molecular weight is 400 g/mol. The summed E-state index contributed by atoms with van der Waals surface area (Å²) >= 11 is 6.07. The highest BCUT2D eigenvalue weighted by Gasteiger charge is 2.34. The Hall–Kier alpha value is -1.64. The molecule has 3 heteroatoms. The molecule has 0 atom stereocenters. The van der Waals surface area contributed by atoms with Crippen LogP contribution in [0.3, 0.4) is 0 Å². The lowest BCUT2D eigenvalue weighted by Crippen LogP contribution is -2.38. The van der Waals surface area contributed by atoms with Gasteiger partial charge in [-0.15, -0.1) is 0 Å². The van der Waals surface area contributed by atoms with E-state index in [0.29, 0.717) is 0 Å². The number of rotatable bonds is 5. The molecule has 0 saturated heterocycles. The van der Waals surface area contributed by atoms with Crippen molar-refractivity contribution in [1.29, 1.82) is 0 Å². The quantitative estimate of drug-likeness (QED) is 0.576. The molecule has 152 valence electrons. The fraction of sp³-hybridized carbons (Fsp3) is 0.480. The van der Waals surface area contributed by atoms with Crippen molar-refractivity contribution in [1.82, 2.24) is 0 Å². The molecule has 3 rings (SSSR count). The minimum Gasteiger partial charge on any atom is -0.330 e. The molecule has 0 bridgehead atoms.